The second-order valence-electron chi connectivity index (χ2n) is 3.45. The van der Waals surface area contributed by atoms with Gasteiger partial charge in [0.25, 0.3) is 0 Å². The van der Waals surface area contributed by atoms with E-state index >= 15 is 0 Å². The summed E-state index contributed by atoms with van der Waals surface area (Å²) in [6.07, 6.45) is 4.50. The minimum atomic E-state index is -0.941. The van der Waals surface area contributed by atoms with Crippen molar-refractivity contribution in [1.82, 2.24) is 9.55 Å². The second kappa shape index (κ2) is 4.18. The molecule has 1 N–H and O–H groups in total. The number of aryl methyl sites for hydroxylation is 1. The molecule has 0 aliphatic rings. The van der Waals surface area contributed by atoms with Crippen LogP contribution in [0.1, 0.15) is 12.5 Å². The lowest BCUT2D eigenvalue weighted by Crippen LogP contribution is -1.91. The summed E-state index contributed by atoms with van der Waals surface area (Å²) >= 11 is 0. The third-order valence-corrected chi connectivity index (χ3v) is 2.40. The van der Waals surface area contributed by atoms with Crippen LogP contribution in [0.25, 0.3) is 17.1 Å². The summed E-state index contributed by atoms with van der Waals surface area (Å²) in [5.41, 5.74) is 2.81. The van der Waals surface area contributed by atoms with Crippen molar-refractivity contribution >= 4 is 23.1 Å². The molecular weight excluding hydrogens is 204 g/mol. The van der Waals surface area contributed by atoms with Crippen LogP contribution in [0.15, 0.2) is 30.6 Å². The molecular formula is C12H12N2O2. The average Bonchev–Trinajstić information content (AvgIpc) is 2.68. The molecule has 0 bridgehead atoms. The lowest BCUT2D eigenvalue weighted by molar-refractivity contribution is -0.131. The lowest BCUT2D eigenvalue weighted by Gasteiger charge is -1.99. The van der Waals surface area contributed by atoms with E-state index in [0.717, 1.165) is 29.2 Å². The first kappa shape index (κ1) is 10.4. The third kappa shape index (κ3) is 1.95. The Bertz CT molecular complexity index is 555. The fourth-order valence-corrected chi connectivity index (χ4v) is 1.60. The van der Waals surface area contributed by atoms with Crippen molar-refractivity contribution in [1.29, 1.82) is 0 Å². The highest BCUT2D eigenvalue weighted by molar-refractivity contribution is 5.86. The van der Waals surface area contributed by atoms with Crippen molar-refractivity contribution in [3.8, 4) is 0 Å². The van der Waals surface area contributed by atoms with E-state index in [-0.39, 0.29) is 0 Å². The smallest absolute Gasteiger partial charge is 0.328 e. The van der Waals surface area contributed by atoms with Gasteiger partial charge in [-0.2, -0.15) is 0 Å². The van der Waals surface area contributed by atoms with Crippen LogP contribution in [0, 0.1) is 0 Å². The van der Waals surface area contributed by atoms with Crippen molar-refractivity contribution in [2.45, 2.75) is 13.5 Å². The summed E-state index contributed by atoms with van der Waals surface area (Å²) < 4.78 is 2.02. The fraction of sp³-hybridized carbons (Fsp3) is 0.167. The molecule has 4 nitrogen and oxygen atoms in total. The van der Waals surface area contributed by atoms with Gasteiger partial charge in [0, 0.05) is 12.6 Å². The summed E-state index contributed by atoms with van der Waals surface area (Å²) in [6.45, 7) is 2.89. The number of nitrogens with zero attached hydrogens (tertiary/aromatic N) is 2. The molecule has 1 aromatic carbocycles. The van der Waals surface area contributed by atoms with Gasteiger partial charge in [0.1, 0.15) is 0 Å². The van der Waals surface area contributed by atoms with E-state index in [1.165, 1.54) is 0 Å². The summed E-state index contributed by atoms with van der Waals surface area (Å²) in [4.78, 5) is 14.7. The molecule has 0 atom stereocenters. The molecule has 4 heteroatoms. The first-order valence-electron chi connectivity index (χ1n) is 5.06. The van der Waals surface area contributed by atoms with Crippen LogP contribution in [0.2, 0.25) is 0 Å². The zero-order valence-corrected chi connectivity index (χ0v) is 8.92. The van der Waals surface area contributed by atoms with E-state index in [1.807, 2.05) is 29.7 Å². The molecule has 0 amide bonds. The molecule has 1 aromatic heterocycles. The van der Waals surface area contributed by atoms with Gasteiger partial charge in [-0.15, -0.1) is 0 Å². The van der Waals surface area contributed by atoms with Gasteiger partial charge < -0.3 is 9.67 Å². The van der Waals surface area contributed by atoms with E-state index in [2.05, 4.69) is 4.98 Å². The predicted molar refractivity (Wildman–Crippen MR) is 62.1 cm³/mol. The molecule has 2 rings (SSSR count). The monoisotopic (exact) mass is 216 g/mol. The summed E-state index contributed by atoms with van der Waals surface area (Å²) in [5, 5.41) is 8.54. The first-order chi connectivity index (χ1) is 7.70. The van der Waals surface area contributed by atoms with Gasteiger partial charge in [0.15, 0.2) is 0 Å². The number of benzene rings is 1. The highest BCUT2D eigenvalue weighted by atomic mass is 16.4. The van der Waals surface area contributed by atoms with Crippen LogP contribution in [-0.4, -0.2) is 20.6 Å². The number of imidazole rings is 1. The molecule has 0 fully saturated rings. The number of carboxylic acid groups (broad SMARTS) is 1. The Morgan fingerprint density at radius 3 is 3.06 bits per heavy atom. The van der Waals surface area contributed by atoms with Crippen LogP contribution >= 0.6 is 0 Å². The van der Waals surface area contributed by atoms with E-state index in [0.29, 0.717) is 0 Å². The van der Waals surface area contributed by atoms with Crippen molar-refractivity contribution in [2.24, 2.45) is 0 Å². The Morgan fingerprint density at radius 2 is 2.38 bits per heavy atom. The second-order valence-corrected chi connectivity index (χ2v) is 3.45. The molecule has 0 saturated heterocycles. The largest absolute Gasteiger partial charge is 0.478 e. The number of hydrogen-bond donors (Lipinski definition) is 1. The Labute approximate surface area is 92.8 Å². The summed E-state index contributed by atoms with van der Waals surface area (Å²) in [5.74, 6) is -0.941. The molecule has 82 valence electrons. The van der Waals surface area contributed by atoms with Crippen LogP contribution in [-0.2, 0) is 11.3 Å². The Kier molecular flexibility index (Phi) is 2.72. The molecule has 0 unspecified atom stereocenters. The minimum Gasteiger partial charge on any atom is -0.478 e. The topological polar surface area (TPSA) is 55.1 Å². The maximum atomic E-state index is 10.4. The van der Waals surface area contributed by atoms with E-state index in [9.17, 15) is 4.79 Å². The van der Waals surface area contributed by atoms with Crippen molar-refractivity contribution in [2.75, 3.05) is 0 Å². The Balaban J connectivity index is 2.45. The van der Waals surface area contributed by atoms with Crippen molar-refractivity contribution < 1.29 is 9.90 Å². The zero-order valence-electron chi connectivity index (χ0n) is 8.92. The van der Waals surface area contributed by atoms with Gasteiger partial charge in [0.2, 0.25) is 0 Å². The number of rotatable bonds is 3. The molecule has 16 heavy (non-hydrogen) atoms. The summed E-state index contributed by atoms with van der Waals surface area (Å²) in [6, 6.07) is 5.68. The number of carboxylic acids is 1. The Hall–Kier alpha value is -2.10. The standard InChI is InChI=1S/C12H12N2O2/c1-2-14-8-13-10-5-3-9(7-11(10)14)4-6-12(15)16/h3-8H,2H2,1H3,(H,15,16). The normalized spacial score (nSPS) is 11.3. The molecule has 0 saturated carbocycles. The number of aromatic nitrogens is 2. The number of fused-ring (bicyclic) bond motifs is 1. The predicted octanol–water partition coefficient (Wildman–Crippen LogP) is 2.15. The molecule has 0 aliphatic heterocycles. The lowest BCUT2D eigenvalue weighted by atomic mass is 10.2. The van der Waals surface area contributed by atoms with Crippen LogP contribution in [0.3, 0.4) is 0 Å². The maximum absolute atomic E-state index is 10.4. The van der Waals surface area contributed by atoms with Crippen molar-refractivity contribution in [3.05, 3.63) is 36.2 Å². The quantitative estimate of drug-likeness (QED) is 0.800. The SMILES string of the molecule is CCn1cnc2ccc(C=CC(=O)O)cc21. The van der Waals surface area contributed by atoms with Crippen LogP contribution < -0.4 is 0 Å². The van der Waals surface area contributed by atoms with Gasteiger partial charge in [-0.3, -0.25) is 0 Å². The average molecular weight is 216 g/mol. The highest BCUT2D eigenvalue weighted by Crippen LogP contribution is 2.15. The maximum Gasteiger partial charge on any atom is 0.328 e. The summed E-state index contributed by atoms with van der Waals surface area (Å²) in [7, 11) is 0. The highest BCUT2D eigenvalue weighted by Gasteiger charge is 2.01. The minimum absolute atomic E-state index is 0.850. The first-order valence-corrected chi connectivity index (χ1v) is 5.06. The van der Waals surface area contributed by atoms with Gasteiger partial charge in [-0.25, -0.2) is 9.78 Å². The molecule has 2 aromatic rings. The van der Waals surface area contributed by atoms with E-state index < -0.39 is 5.97 Å². The van der Waals surface area contributed by atoms with Gasteiger partial charge in [-0.1, -0.05) is 6.07 Å². The molecule has 0 spiro atoms. The number of carbonyl (C=O) groups is 1. The number of aliphatic carboxylic acids is 1. The third-order valence-electron chi connectivity index (χ3n) is 2.40. The van der Waals surface area contributed by atoms with Gasteiger partial charge in [0.05, 0.1) is 17.4 Å². The van der Waals surface area contributed by atoms with Crippen LogP contribution in [0.4, 0.5) is 0 Å². The van der Waals surface area contributed by atoms with Gasteiger partial charge >= 0.3 is 5.97 Å². The fourth-order valence-electron chi connectivity index (χ4n) is 1.60. The van der Waals surface area contributed by atoms with E-state index in [1.54, 1.807) is 12.4 Å². The molecule has 0 radical (unpaired) electrons. The molecule has 0 aliphatic carbocycles. The number of hydrogen-bond acceptors (Lipinski definition) is 2. The van der Waals surface area contributed by atoms with Crippen molar-refractivity contribution in [3.63, 3.8) is 0 Å². The Morgan fingerprint density at radius 1 is 1.56 bits per heavy atom. The van der Waals surface area contributed by atoms with Crippen LogP contribution in [0.5, 0.6) is 0 Å². The molecule has 1 heterocycles. The zero-order chi connectivity index (χ0) is 11.5. The van der Waals surface area contributed by atoms with Gasteiger partial charge in [-0.05, 0) is 30.7 Å². The van der Waals surface area contributed by atoms with E-state index in [4.69, 9.17) is 5.11 Å².